The van der Waals surface area contributed by atoms with Crippen LogP contribution >= 0.6 is 11.3 Å². The van der Waals surface area contributed by atoms with Gasteiger partial charge in [-0.1, -0.05) is 49.4 Å². The minimum atomic E-state index is -0.259. The summed E-state index contributed by atoms with van der Waals surface area (Å²) in [5, 5.41) is 11.4. The van der Waals surface area contributed by atoms with Crippen LogP contribution in [0.1, 0.15) is 54.4 Å². The molecule has 26 heavy (non-hydrogen) atoms. The van der Waals surface area contributed by atoms with Crippen LogP contribution in [0.15, 0.2) is 48.5 Å². The van der Waals surface area contributed by atoms with Gasteiger partial charge in [0.15, 0.2) is 0 Å². The Labute approximate surface area is 159 Å². The first-order valence-corrected chi connectivity index (χ1v) is 10.4. The molecule has 2 aromatic carbocycles. The Balaban J connectivity index is 1.62. The Morgan fingerprint density at radius 2 is 1.85 bits per heavy atom. The maximum atomic E-state index is 10.1. The van der Waals surface area contributed by atoms with Gasteiger partial charge in [-0.05, 0) is 54.3 Å². The molecule has 3 heteroatoms. The van der Waals surface area contributed by atoms with Crippen molar-refractivity contribution in [1.29, 1.82) is 0 Å². The molecular weight excluding hydrogens is 340 g/mol. The van der Waals surface area contributed by atoms with Gasteiger partial charge in [-0.15, -0.1) is 11.3 Å². The molecule has 3 atom stereocenters. The van der Waals surface area contributed by atoms with E-state index in [1.807, 2.05) is 18.3 Å². The van der Waals surface area contributed by atoms with E-state index in [9.17, 15) is 5.11 Å². The van der Waals surface area contributed by atoms with Gasteiger partial charge >= 0.3 is 0 Å². The van der Waals surface area contributed by atoms with Crippen molar-refractivity contribution in [2.24, 2.45) is 0 Å². The molecule has 3 unspecified atom stereocenters. The molecule has 0 radical (unpaired) electrons. The predicted octanol–water partition coefficient (Wildman–Crippen LogP) is 5.66. The Hall–Kier alpha value is -1.68. The van der Waals surface area contributed by atoms with Crippen LogP contribution in [-0.2, 0) is 17.6 Å². The Bertz CT molecular complexity index is 871. The van der Waals surface area contributed by atoms with Gasteiger partial charge < -0.3 is 9.84 Å². The molecule has 1 aliphatic heterocycles. The number of benzene rings is 2. The van der Waals surface area contributed by atoms with Gasteiger partial charge in [0.25, 0.3) is 0 Å². The molecular formula is C23H26O2S. The predicted molar refractivity (Wildman–Crippen MR) is 109 cm³/mol. The Kier molecular flexibility index (Phi) is 5.12. The minimum Gasteiger partial charge on any atom is -0.393 e. The lowest BCUT2D eigenvalue weighted by Gasteiger charge is -2.30. The van der Waals surface area contributed by atoms with Gasteiger partial charge in [0, 0.05) is 16.0 Å². The van der Waals surface area contributed by atoms with E-state index in [0.29, 0.717) is 6.42 Å². The fourth-order valence-electron chi connectivity index (χ4n) is 3.86. The van der Waals surface area contributed by atoms with Crippen LogP contribution in [0.5, 0.6) is 0 Å². The van der Waals surface area contributed by atoms with Crippen molar-refractivity contribution < 1.29 is 9.84 Å². The molecule has 0 amide bonds. The normalized spacial score (nSPS) is 23.4. The van der Waals surface area contributed by atoms with Crippen LogP contribution in [0.2, 0.25) is 0 Å². The maximum absolute atomic E-state index is 10.1. The van der Waals surface area contributed by atoms with E-state index in [0.717, 1.165) is 19.3 Å². The van der Waals surface area contributed by atoms with Gasteiger partial charge in [0.05, 0.1) is 18.3 Å². The molecule has 1 fully saturated rings. The second-order valence-electron chi connectivity index (χ2n) is 7.39. The zero-order chi connectivity index (χ0) is 18.1. The van der Waals surface area contributed by atoms with Crippen molar-refractivity contribution in [3.63, 3.8) is 0 Å². The van der Waals surface area contributed by atoms with E-state index >= 15 is 0 Å². The smallest absolute Gasteiger partial charge is 0.0945 e. The van der Waals surface area contributed by atoms with E-state index in [4.69, 9.17) is 4.74 Å². The third kappa shape index (κ3) is 3.71. The van der Waals surface area contributed by atoms with E-state index in [1.165, 1.54) is 31.7 Å². The number of hydrogen-bond acceptors (Lipinski definition) is 3. The number of aryl methyl sites for hydroxylation is 1. The number of ether oxygens (including phenoxy) is 1. The average Bonchev–Trinajstić information content (AvgIpc) is 3.07. The lowest BCUT2D eigenvalue weighted by atomic mass is 10.00. The van der Waals surface area contributed by atoms with Gasteiger partial charge in [0.2, 0.25) is 0 Å². The number of aliphatic hydroxyl groups is 1. The summed E-state index contributed by atoms with van der Waals surface area (Å²) >= 11 is 1.83. The molecule has 2 heterocycles. The Morgan fingerprint density at radius 1 is 1.08 bits per heavy atom. The molecule has 1 aliphatic rings. The van der Waals surface area contributed by atoms with Crippen molar-refractivity contribution in [3.05, 3.63) is 70.1 Å². The number of rotatable bonds is 4. The van der Waals surface area contributed by atoms with Crippen LogP contribution < -0.4 is 0 Å². The molecule has 0 aliphatic carbocycles. The van der Waals surface area contributed by atoms with Gasteiger partial charge in [-0.25, -0.2) is 0 Å². The summed E-state index contributed by atoms with van der Waals surface area (Å²) in [5.74, 6) is 0. The molecule has 0 spiro atoms. The summed E-state index contributed by atoms with van der Waals surface area (Å²) < 4.78 is 7.45. The van der Waals surface area contributed by atoms with E-state index < -0.39 is 0 Å². The highest BCUT2D eigenvalue weighted by molar-refractivity contribution is 7.19. The van der Waals surface area contributed by atoms with E-state index in [-0.39, 0.29) is 18.3 Å². The Morgan fingerprint density at radius 3 is 2.58 bits per heavy atom. The molecule has 2 nitrogen and oxygen atoms in total. The van der Waals surface area contributed by atoms with Gasteiger partial charge in [0.1, 0.15) is 0 Å². The van der Waals surface area contributed by atoms with Crippen molar-refractivity contribution in [2.45, 2.75) is 57.8 Å². The number of fused-ring (bicyclic) bond motifs is 1. The summed E-state index contributed by atoms with van der Waals surface area (Å²) in [5.41, 5.74) is 4.10. The largest absolute Gasteiger partial charge is 0.393 e. The molecule has 4 rings (SSSR count). The van der Waals surface area contributed by atoms with E-state index in [1.54, 1.807) is 0 Å². The molecule has 136 valence electrons. The average molecular weight is 367 g/mol. The van der Waals surface area contributed by atoms with Crippen molar-refractivity contribution >= 4 is 21.4 Å². The fraction of sp³-hybridized carbons (Fsp3) is 0.391. The third-order valence-electron chi connectivity index (χ3n) is 5.27. The number of aliphatic hydroxyl groups excluding tert-OH is 1. The summed E-state index contributed by atoms with van der Waals surface area (Å²) in [6, 6.07) is 17.8. The summed E-state index contributed by atoms with van der Waals surface area (Å²) in [4.78, 5) is 1.24. The lowest BCUT2D eigenvalue weighted by molar-refractivity contribution is -0.0880. The van der Waals surface area contributed by atoms with E-state index in [2.05, 4.69) is 55.5 Å². The lowest BCUT2D eigenvalue weighted by Crippen LogP contribution is -2.28. The van der Waals surface area contributed by atoms with Crippen molar-refractivity contribution in [3.8, 4) is 0 Å². The second kappa shape index (κ2) is 7.51. The number of hydrogen-bond donors (Lipinski definition) is 1. The van der Waals surface area contributed by atoms with Crippen LogP contribution in [0, 0.1) is 0 Å². The summed E-state index contributed by atoms with van der Waals surface area (Å²) in [7, 11) is 0. The zero-order valence-electron chi connectivity index (χ0n) is 15.4. The summed E-state index contributed by atoms with van der Waals surface area (Å²) in [6.45, 7) is 4.24. The SMILES string of the molecule is CCc1ccc(Cc2cccc3cc(C4CC(O)CC(C)O4)sc23)cc1. The van der Waals surface area contributed by atoms with Gasteiger partial charge in [-0.3, -0.25) is 0 Å². The highest BCUT2D eigenvalue weighted by atomic mass is 32.1. The van der Waals surface area contributed by atoms with Crippen LogP contribution in [-0.4, -0.2) is 17.3 Å². The van der Waals surface area contributed by atoms with Crippen LogP contribution in [0.25, 0.3) is 10.1 Å². The molecule has 1 aromatic heterocycles. The third-order valence-corrected chi connectivity index (χ3v) is 6.59. The second-order valence-corrected chi connectivity index (χ2v) is 8.48. The maximum Gasteiger partial charge on any atom is 0.0945 e. The molecule has 0 saturated carbocycles. The first-order valence-electron chi connectivity index (χ1n) is 9.55. The first kappa shape index (κ1) is 17.7. The quantitative estimate of drug-likeness (QED) is 0.646. The molecule has 1 saturated heterocycles. The van der Waals surface area contributed by atoms with Crippen molar-refractivity contribution in [2.75, 3.05) is 0 Å². The standard InChI is InChI=1S/C23H26O2S/c1-3-16-7-9-17(10-8-16)12-18-5-4-6-19-13-22(26-23(18)19)21-14-20(24)11-15(2)25-21/h4-10,13,15,20-21,24H,3,11-12,14H2,1-2H3. The topological polar surface area (TPSA) is 29.5 Å². The highest BCUT2D eigenvalue weighted by Crippen LogP contribution is 2.39. The molecule has 0 bridgehead atoms. The van der Waals surface area contributed by atoms with Gasteiger partial charge in [-0.2, -0.15) is 0 Å². The minimum absolute atomic E-state index is 0.0165. The van der Waals surface area contributed by atoms with Crippen molar-refractivity contribution in [1.82, 2.24) is 0 Å². The highest BCUT2D eigenvalue weighted by Gasteiger charge is 2.28. The summed E-state index contributed by atoms with van der Waals surface area (Å²) in [6.07, 6.45) is 3.34. The first-order chi connectivity index (χ1) is 12.6. The molecule has 1 N–H and O–H groups in total. The molecule has 3 aromatic rings. The monoisotopic (exact) mass is 366 g/mol. The zero-order valence-corrected chi connectivity index (χ0v) is 16.3. The van der Waals surface area contributed by atoms with Crippen LogP contribution in [0.3, 0.4) is 0 Å². The van der Waals surface area contributed by atoms with Crippen LogP contribution in [0.4, 0.5) is 0 Å². The number of thiophene rings is 1. The fourth-order valence-corrected chi connectivity index (χ4v) is 5.08.